The molecule has 0 aliphatic heterocycles. The van der Waals surface area contributed by atoms with Crippen molar-refractivity contribution in [1.29, 1.82) is 0 Å². The lowest BCUT2D eigenvalue weighted by Crippen LogP contribution is -2.15. The van der Waals surface area contributed by atoms with Gasteiger partial charge in [-0.2, -0.15) is 0 Å². The molecule has 0 aliphatic carbocycles. The van der Waals surface area contributed by atoms with E-state index in [2.05, 4.69) is 18.6 Å². The van der Waals surface area contributed by atoms with Gasteiger partial charge in [-0.05, 0) is 35.7 Å². The van der Waals surface area contributed by atoms with Gasteiger partial charge in [0.15, 0.2) is 0 Å². The molecule has 0 radical (unpaired) electrons. The van der Waals surface area contributed by atoms with Gasteiger partial charge in [0.2, 0.25) is 10.0 Å². The molecule has 0 heterocycles. The monoisotopic (exact) mass is 357 g/mol. The number of rotatable bonds is 5. The fourth-order valence-corrected chi connectivity index (χ4v) is 3.96. The number of hydrogen-bond donors (Lipinski definition) is 1. The van der Waals surface area contributed by atoms with E-state index in [1.54, 1.807) is 30.3 Å². The maximum atomic E-state index is 12.3. The van der Waals surface area contributed by atoms with Gasteiger partial charge in [-0.1, -0.05) is 55.2 Å². The summed E-state index contributed by atoms with van der Waals surface area (Å²) < 4.78 is 27.1. The van der Waals surface area contributed by atoms with Crippen LogP contribution in [0.15, 0.2) is 42.5 Å². The summed E-state index contributed by atoms with van der Waals surface area (Å²) in [5, 5.41) is 0.682. The molecule has 0 unspecified atom stereocenters. The average Bonchev–Trinajstić information content (AvgIpc) is 2.43. The van der Waals surface area contributed by atoms with Gasteiger partial charge in [-0.15, -0.1) is 0 Å². The van der Waals surface area contributed by atoms with E-state index in [1.165, 1.54) is 0 Å². The minimum absolute atomic E-state index is 0.266. The van der Waals surface area contributed by atoms with Crippen LogP contribution in [0.25, 0.3) is 0 Å². The standard InChI is InChI=1S/C16H17Cl2NO2S/c1-11(2)12-6-8-13(9-7-12)19-22(20,21)10-14-15(17)4-3-5-16(14)18/h3-9,11,19H,10H2,1-2H3. The maximum absolute atomic E-state index is 12.3. The summed E-state index contributed by atoms with van der Waals surface area (Å²) in [4.78, 5) is 0. The van der Waals surface area contributed by atoms with Crippen molar-refractivity contribution in [3.8, 4) is 0 Å². The zero-order valence-electron chi connectivity index (χ0n) is 12.3. The van der Waals surface area contributed by atoms with Crippen LogP contribution in [0.4, 0.5) is 5.69 Å². The van der Waals surface area contributed by atoms with Crippen LogP contribution in [0.5, 0.6) is 0 Å². The number of hydrogen-bond acceptors (Lipinski definition) is 2. The summed E-state index contributed by atoms with van der Waals surface area (Å²) in [5.41, 5.74) is 2.07. The molecule has 0 saturated carbocycles. The molecule has 0 spiro atoms. The van der Waals surface area contributed by atoms with Gasteiger partial charge < -0.3 is 0 Å². The predicted molar refractivity (Wildman–Crippen MR) is 93.2 cm³/mol. The Morgan fingerprint density at radius 1 is 1.00 bits per heavy atom. The Labute approximate surface area is 141 Å². The van der Waals surface area contributed by atoms with Gasteiger partial charge in [-0.3, -0.25) is 4.72 Å². The first-order valence-electron chi connectivity index (χ1n) is 6.82. The fourth-order valence-electron chi connectivity index (χ4n) is 2.01. The van der Waals surface area contributed by atoms with Crippen molar-refractivity contribution in [2.75, 3.05) is 4.72 Å². The maximum Gasteiger partial charge on any atom is 0.237 e. The van der Waals surface area contributed by atoms with Crippen molar-refractivity contribution in [1.82, 2.24) is 0 Å². The van der Waals surface area contributed by atoms with Gasteiger partial charge in [-0.25, -0.2) is 8.42 Å². The van der Waals surface area contributed by atoms with Gasteiger partial charge in [0.05, 0.1) is 5.75 Å². The Morgan fingerprint density at radius 2 is 1.55 bits per heavy atom. The third kappa shape index (κ3) is 4.38. The number of sulfonamides is 1. The molecule has 1 N–H and O–H groups in total. The largest absolute Gasteiger partial charge is 0.283 e. The van der Waals surface area contributed by atoms with Crippen molar-refractivity contribution in [3.05, 3.63) is 63.6 Å². The smallest absolute Gasteiger partial charge is 0.237 e. The van der Waals surface area contributed by atoms with Gasteiger partial charge >= 0.3 is 0 Å². The van der Waals surface area contributed by atoms with E-state index in [0.717, 1.165) is 5.56 Å². The van der Waals surface area contributed by atoms with E-state index in [9.17, 15) is 8.42 Å². The molecular formula is C16H17Cl2NO2S. The van der Waals surface area contributed by atoms with Gasteiger partial charge in [0.1, 0.15) is 0 Å². The molecule has 2 rings (SSSR count). The Morgan fingerprint density at radius 3 is 2.05 bits per heavy atom. The van der Waals surface area contributed by atoms with Crippen molar-refractivity contribution < 1.29 is 8.42 Å². The minimum Gasteiger partial charge on any atom is -0.283 e. The van der Waals surface area contributed by atoms with Crippen molar-refractivity contribution >= 4 is 38.9 Å². The quantitative estimate of drug-likeness (QED) is 0.812. The Kier molecular flexibility index (Phi) is 5.37. The Bertz CT molecular complexity index is 736. The first-order chi connectivity index (χ1) is 10.3. The molecule has 0 fully saturated rings. The first kappa shape index (κ1) is 17.1. The summed E-state index contributed by atoms with van der Waals surface area (Å²) in [6, 6.07) is 12.2. The molecule has 0 bridgehead atoms. The highest BCUT2D eigenvalue weighted by atomic mass is 35.5. The van der Waals surface area contributed by atoms with Gasteiger partial charge in [0, 0.05) is 21.3 Å². The van der Waals surface area contributed by atoms with Crippen LogP contribution in [0.3, 0.4) is 0 Å². The predicted octanol–water partition coefficient (Wildman–Crippen LogP) is 5.06. The second-order valence-corrected chi connectivity index (χ2v) is 7.87. The number of benzene rings is 2. The third-order valence-electron chi connectivity index (χ3n) is 3.25. The number of halogens is 2. The van der Waals surface area contributed by atoms with Crippen LogP contribution >= 0.6 is 23.2 Å². The lowest BCUT2D eigenvalue weighted by Gasteiger charge is -2.11. The van der Waals surface area contributed by atoms with Gasteiger partial charge in [0.25, 0.3) is 0 Å². The first-order valence-corrected chi connectivity index (χ1v) is 9.22. The normalized spacial score (nSPS) is 11.7. The Hall–Kier alpha value is -1.23. The van der Waals surface area contributed by atoms with Crippen LogP contribution in [0.1, 0.15) is 30.9 Å². The SMILES string of the molecule is CC(C)c1ccc(NS(=O)(=O)Cc2c(Cl)cccc2Cl)cc1. The van der Waals surface area contributed by atoms with E-state index in [4.69, 9.17) is 23.2 Å². The van der Waals surface area contributed by atoms with Crippen LogP contribution in [0, 0.1) is 0 Å². The highest BCUT2D eigenvalue weighted by Crippen LogP contribution is 2.27. The Balaban J connectivity index is 2.17. The molecule has 2 aromatic rings. The molecule has 0 atom stereocenters. The summed E-state index contributed by atoms with van der Waals surface area (Å²) in [5.74, 6) is 0.129. The van der Waals surface area contributed by atoms with Crippen LogP contribution in [-0.2, 0) is 15.8 Å². The highest BCUT2D eigenvalue weighted by molar-refractivity contribution is 7.91. The topological polar surface area (TPSA) is 46.2 Å². The molecule has 0 amide bonds. The number of nitrogens with one attached hydrogen (secondary N) is 1. The molecule has 6 heteroatoms. The molecule has 0 aliphatic rings. The minimum atomic E-state index is -3.58. The fraction of sp³-hybridized carbons (Fsp3) is 0.250. The lowest BCUT2D eigenvalue weighted by atomic mass is 10.0. The molecule has 3 nitrogen and oxygen atoms in total. The van der Waals surface area contributed by atoms with E-state index in [1.807, 2.05) is 12.1 Å². The van der Waals surface area contributed by atoms with Crippen molar-refractivity contribution in [3.63, 3.8) is 0 Å². The van der Waals surface area contributed by atoms with E-state index in [-0.39, 0.29) is 5.75 Å². The molecule has 22 heavy (non-hydrogen) atoms. The van der Waals surface area contributed by atoms with E-state index >= 15 is 0 Å². The zero-order chi connectivity index (χ0) is 16.3. The second kappa shape index (κ2) is 6.90. The second-order valence-electron chi connectivity index (χ2n) is 5.34. The van der Waals surface area contributed by atoms with Crippen molar-refractivity contribution in [2.45, 2.75) is 25.5 Å². The summed E-state index contributed by atoms with van der Waals surface area (Å²) in [6.45, 7) is 4.16. The van der Waals surface area contributed by atoms with E-state index in [0.29, 0.717) is 27.2 Å². The van der Waals surface area contributed by atoms with Crippen LogP contribution in [0.2, 0.25) is 10.0 Å². The highest BCUT2D eigenvalue weighted by Gasteiger charge is 2.16. The van der Waals surface area contributed by atoms with Crippen LogP contribution in [-0.4, -0.2) is 8.42 Å². The molecule has 2 aromatic carbocycles. The molecule has 118 valence electrons. The zero-order valence-corrected chi connectivity index (χ0v) is 14.6. The summed E-state index contributed by atoms with van der Waals surface area (Å²) >= 11 is 12.0. The van der Waals surface area contributed by atoms with Crippen molar-refractivity contribution in [2.24, 2.45) is 0 Å². The molecular weight excluding hydrogens is 341 g/mol. The van der Waals surface area contributed by atoms with Crippen LogP contribution < -0.4 is 4.72 Å². The third-order valence-corrected chi connectivity index (χ3v) is 5.17. The molecule has 0 aromatic heterocycles. The van der Waals surface area contributed by atoms with E-state index < -0.39 is 10.0 Å². The summed E-state index contributed by atoms with van der Waals surface area (Å²) in [7, 11) is -3.58. The summed E-state index contributed by atoms with van der Waals surface area (Å²) in [6.07, 6.45) is 0. The molecule has 0 saturated heterocycles. The number of anilines is 1. The lowest BCUT2D eigenvalue weighted by molar-refractivity contribution is 0.600. The average molecular weight is 358 g/mol.